The van der Waals surface area contributed by atoms with Crippen molar-refractivity contribution in [2.45, 2.75) is 45.0 Å². The average molecular weight is 452 g/mol. The molecule has 0 bridgehead atoms. The number of allylic oxidation sites excluding steroid dienone is 2. The fourth-order valence-electron chi connectivity index (χ4n) is 4.07. The second-order valence-electron chi connectivity index (χ2n) is 6.50. The van der Waals surface area contributed by atoms with E-state index in [0.717, 1.165) is 17.3 Å². The Morgan fingerprint density at radius 3 is 2.64 bits per heavy atom. The summed E-state index contributed by atoms with van der Waals surface area (Å²) in [6.45, 7) is 4.21. The molecule has 0 unspecified atom stereocenters. The molecule has 2 aliphatic carbocycles. The van der Waals surface area contributed by atoms with Gasteiger partial charge in [-0.2, -0.15) is 21.6 Å². The number of fused-ring (bicyclic) bond motifs is 1. The second-order valence-corrected chi connectivity index (χ2v) is 8.92. The van der Waals surface area contributed by atoms with Gasteiger partial charge in [0, 0.05) is 10.3 Å². The number of hydrogen-bond acceptors (Lipinski definition) is 3. The highest BCUT2D eigenvalue weighted by atomic mass is 127. The lowest BCUT2D eigenvalue weighted by Gasteiger charge is -2.42. The molecule has 22 heavy (non-hydrogen) atoms. The fraction of sp³-hybridized carbons (Fsp3) is 0.857. The molecule has 128 valence electrons. The molecule has 0 aromatic carbocycles. The van der Waals surface area contributed by atoms with Crippen LogP contribution in [0.3, 0.4) is 0 Å². The summed E-state index contributed by atoms with van der Waals surface area (Å²) in [5.41, 5.74) is -5.56. The molecule has 0 N–H and O–H groups in total. The largest absolute Gasteiger partial charge is 0.534 e. The van der Waals surface area contributed by atoms with Crippen molar-refractivity contribution in [3.05, 3.63) is 11.8 Å². The molecule has 0 aliphatic heterocycles. The number of alkyl halides is 4. The monoisotopic (exact) mass is 452 g/mol. The van der Waals surface area contributed by atoms with E-state index in [-0.39, 0.29) is 17.1 Å². The Kier molecular flexibility index (Phi) is 5.12. The van der Waals surface area contributed by atoms with Gasteiger partial charge in [0.25, 0.3) is 0 Å². The quantitative estimate of drug-likeness (QED) is 0.270. The van der Waals surface area contributed by atoms with E-state index in [1.54, 1.807) is 0 Å². The number of halogens is 4. The van der Waals surface area contributed by atoms with Crippen LogP contribution in [0.4, 0.5) is 13.2 Å². The zero-order valence-corrected chi connectivity index (χ0v) is 15.5. The molecule has 0 radical (unpaired) electrons. The molecule has 0 amide bonds. The fourth-order valence-corrected chi connectivity index (χ4v) is 5.21. The van der Waals surface area contributed by atoms with Gasteiger partial charge in [0.2, 0.25) is 0 Å². The summed E-state index contributed by atoms with van der Waals surface area (Å²) in [5.74, 6) is 0.590. The minimum Gasteiger partial charge on any atom is -0.381 e. The Morgan fingerprint density at radius 2 is 2.09 bits per heavy atom. The second kappa shape index (κ2) is 6.14. The Bertz CT molecular complexity index is 558. The van der Waals surface area contributed by atoms with Crippen LogP contribution in [0.25, 0.3) is 0 Å². The highest BCUT2D eigenvalue weighted by molar-refractivity contribution is 14.1. The minimum atomic E-state index is -5.58. The van der Waals surface area contributed by atoms with Gasteiger partial charge >= 0.3 is 15.6 Å². The lowest BCUT2D eigenvalue weighted by atomic mass is 9.64. The van der Waals surface area contributed by atoms with Crippen molar-refractivity contribution in [2.24, 2.45) is 23.2 Å². The molecule has 0 aromatic heterocycles. The van der Waals surface area contributed by atoms with Crippen LogP contribution in [0.5, 0.6) is 0 Å². The van der Waals surface area contributed by atoms with Gasteiger partial charge in [0.05, 0.1) is 0 Å². The van der Waals surface area contributed by atoms with E-state index >= 15 is 0 Å². The van der Waals surface area contributed by atoms with Crippen LogP contribution >= 0.6 is 22.6 Å². The third-order valence-electron chi connectivity index (χ3n) is 5.20. The van der Waals surface area contributed by atoms with E-state index in [1.807, 2.05) is 0 Å². The molecular formula is C14H20F3IO3S. The lowest BCUT2D eigenvalue weighted by molar-refractivity contribution is -0.0536. The summed E-state index contributed by atoms with van der Waals surface area (Å²) in [4.78, 5) is 0. The molecule has 0 heterocycles. The Labute approximate surface area is 142 Å². The minimum absolute atomic E-state index is 0.00534. The van der Waals surface area contributed by atoms with Gasteiger partial charge in [-0.15, -0.1) is 0 Å². The molecule has 0 spiro atoms. The Morgan fingerprint density at radius 1 is 1.45 bits per heavy atom. The summed E-state index contributed by atoms with van der Waals surface area (Å²) in [5, 5.41) is 0. The summed E-state index contributed by atoms with van der Waals surface area (Å²) in [6.07, 6.45) is 4.52. The standard InChI is InChI=1S/C14H20F3IO3S/c1-9(8-18)10-5-6-11-12(4-3-7-13(10,11)2)21-22(19,20)14(15,16)17/h4,9-11H,3,5-8H2,1-2H3/t9-,10+,11-,13+/m0/s1. The van der Waals surface area contributed by atoms with Crippen molar-refractivity contribution in [1.29, 1.82) is 0 Å². The highest BCUT2D eigenvalue weighted by Gasteiger charge is 2.54. The zero-order valence-electron chi connectivity index (χ0n) is 12.5. The van der Waals surface area contributed by atoms with Crippen LogP contribution in [-0.4, -0.2) is 18.4 Å². The highest BCUT2D eigenvalue weighted by Crippen LogP contribution is 2.58. The van der Waals surface area contributed by atoms with Crippen LogP contribution < -0.4 is 0 Å². The Balaban J connectivity index is 2.26. The zero-order chi connectivity index (χ0) is 16.8. The number of hydrogen-bond donors (Lipinski definition) is 0. The number of rotatable bonds is 4. The van der Waals surface area contributed by atoms with Crippen molar-refractivity contribution in [3.63, 3.8) is 0 Å². The van der Waals surface area contributed by atoms with Gasteiger partial charge in [0.15, 0.2) is 0 Å². The molecule has 4 atom stereocenters. The third-order valence-corrected chi connectivity index (χ3v) is 7.57. The summed E-state index contributed by atoms with van der Waals surface area (Å²) < 4.78 is 65.7. The van der Waals surface area contributed by atoms with E-state index in [0.29, 0.717) is 24.7 Å². The van der Waals surface area contributed by atoms with Crippen LogP contribution in [-0.2, 0) is 14.3 Å². The first-order valence-electron chi connectivity index (χ1n) is 7.29. The average Bonchev–Trinajstić information content (AvgIpc) is 2.74. The predicted molar refractivity (Wildman–Crippen MR) is 85.7 cm³/mol. The molecule has 1 fully saturated rings. The van der Waals surface area contributed by atoms with Crippen molar-refractivity contribution in [3.8, 4) is 0 Å². The maximum absolute atomic E-state index is 12.5. The molecule has 1 saturated carbocycles. The molecule has 0 aromatic rings. The van der Waals surface area contributed by atoms with Gasteiger partial charge in [-0.3, -0.25) is 0 Å². The van der Waals surface area contributed by atoms with Gasteiger partial charge in [-0.1, -0.05) is 36.4 Å². The molecule has 2 aliphatic rings. The lowest BCUT2D eigenvalue weighted by Crippen LogP contribution is -2.37. The summed E-state index contributed by atoms with van der Waals surface area (Å²) in [7, 11) is -5.58. The van der Waals surface area contributed by atoms with E-state index in [4.69, 9.17) is 0 Å². The molecular weight excluding hydrogens is 432 g/mol. The third kappa shape index (κ3) is 3.14. The molecule has 3 nitrogen and oxygen atoms in total. The summed E-state index contributed by atoms with van der Waals surface area (Å²) in [6, 6.07) is 0. The molecule has 2 rings (SSSR count). The van der Waals surface area contributed by atoms with Gasteiger partial charge < -0.3 is 4.18 Å². The van der Waals surface area contributed by atoms with E-state index in [1.165, 1.54) is 6.08 Å². The topological polar surface area (TPSA) is 43.4 Å². The SMILES string of the molecule is C[C@@H](CI)[C@H]1CC[C@H]2C(OS(=O)(=O)C(F)(F)F)=CCC[C@]12C. The smallest absolute Gasteiger partial charge is 0.381 e. The van der Waals surface area contributed by atoms with Crippen molar-refractivity contribution >= 4 is 32.7 Å². The molecule has 0 saturated heterocycles. The normalized spacial score (nSPS) is 34.0. The maximum Gasteiger partial charge on any atom is 0.534 e. The first-order chi connectivity index (χ1) is 10.0. The van der Waals surface area contributed by atoms with Crippen LogP contribution in [0.1, 0.15) is 39.5 Å². The predicted octanol–water partition coefficient (Wildman–Crippen LogP) is 4.63. The van der Waals surface area contributed by atoms with Gasteiger partial charge in [-0.25, -0.2) is 0 Å². The van der Waals surface area contributed by atoms with Gasteiger partial charge in [-0.05, 0) is 49.0 Å². The maximum atomic E-state index is 12.5. The van der Waals surface area contributed by atoms with Crippen molar-refractivity contribution < 1.29 is 25.8 Å². The van der Waals surface area contributed by atoms with Crippen LogP contribution in [0, 0.1) is 23.2 Å². The van der Waals surface area contributed by atoms with Crippen molar-refractivity contribution in [2.75, 3.05) is 4.43 Å². The van der Waals surface area contributed by atoms with Crippen LogP contribution in [0.2, 0.25) is 0 Å². The van der Waals surface area contributed by atoms with Crippen molar-refractivity contribution in [1.82, 2.24) is 0 Å². The van der Waals surface area contributed by atoms with Gasteiger partial charge in [0.1, 0.15) is 5.76 Å². The summed E-state index contributed by atoms with van der Waals surface area (Å²) >= 11 is 2.32. The van der Waals surface area contributed by atoms with E-state index in [2.05, 4.69) is 40.6 Å². The first-order valence-corrected chi connectivity index (χ1v) is 10.2. The van der Waals surface area contributed by atoms with E-state index in [9.17, 15) is 21.6 Å². The Hall–Kier alpha value is 0.0100. The molecule has 8 heteroatoms. The van der Waals surface area contributed by atoms with Crippen LogP contribution in [0.15, 0.2) is 11.8 Å². The van der Waals surface area contributed by atoms with E-state index < -0.39 is 15.6 Å². The first kappa shape index (κ1) is 18.4.